The van der Waals surface area contributed by atoms with Crippen molar-refractivity contribution in [3.8, 4) is 0 Å². The number of carbonyl (C=O) groups is 1. The van der Waals surface area contributed by atoms with Crippen molar-refractivity contribution in [2.75, 3.05) is 13.1 Å². The summed E-state index contributed by atoms with van der Waals surface area (Å²) < 4.78 is 1.81. The van der Waals surface area contributed by atoms with E-state index in [2.05, 4.69) is 15.7 Å². The summed E-state index contributed by atoms with van der Waals surface area (Å²) in [4.78, 5) is 12.4. The Kier molecular flexibility index (Phi) is 5.05. The minimum Gasteiger partial charge on any atom is -0.353 e. The van der Waals surface area contributed by atoms with Crippen LogP contribution in [0.2, 0.25) is 0 Å². The molecule has 2 N–H and O–H groups in total. The largest absolute Gasteiger partial charge is 0.353 e. The number of aromatic nitrogens is 2. The van der Waals surface area contributed by atoms with E-state index >= 15 is 0 Å². The molecule has 3 rings (SSSR count). The summed E-state index contributed by atoms with van der Waals surface area (Å²) in [6.07, 6.45) is 8.69. The van der Waals surface area contributed by atoms with Gasteiger partial charge in [-0.15, -0.1) is 12.4 Å². The van der Waals surface area contributed by atoms with Crippen LogP contribution in [0.15, 0.2) is 12.4 Å². The summed E-state index contributed by atoms with van der Waals surface area (Å²) in [6.45, 7) is 1.65. The van der Waals surface area contributed by atoms with Gasteiger partial charge in [0.2, 0.25) is 5.91 Å². The molecular weight excluding hydrogens is 276 g/mol. The average molecular weight is 299 g/mol. The van der Waals surface area contributed by atoms with Crippen LogP contribution in [0.5, 0.6) is 0 Å². The van der Waals surface area contributed by atoms with E-state index in [1.165, 1.54) is 18.4 Å². The number of carbonyl (C=O) groups excluding carboxylic acids is 1. The summed E-state index contributed by atoms with van der Waals surface area (Å²) >= 11 is 0. The monoisotopic (exact) mass is 298 g/mol. The van der Waals surface area contributed by atoms with E-state index in [0.717, 1.165) is 25.9 Å². The second-order valence-corrected chi connectivity index (χ2v) is 5.81. The standard InChI is InChI=1S/C14H22N4O.ClH/c1-18-9-10(6-16-18)12-7-15-8-13(12)14(19)17-11-4-2-3-5-11;/h6,9,11-13,15H,2-5,7-8H2,1H3,(H,17,19);1H/t12-,13+;/m1./s1. The smallest absolute Gasteiger partial charge is 0.225 e. The number of nitrogens with zero attached hydrogens (tertiary/aromatic N) is 2. The maximum absolute atomic E-state index is 12.4. The quantitative estimate of drug-likeness (QED) is 0.882. The normalized spacial score (nSPS) is 26.4. The van der Waals surface area contributed by atoms with Gasteiger partial charge >= 0.3 is 0 Å². The van der Waals surface area contributed by atoms with Crippen LogP contribution in [0.3, 0.4) is 0 Å². The summed E-state index contributed by atoms with van der Waals surface area (Å²) in [7, 11) is 1.92. The first-order valence-electron chi connectivity index (χ1n) is 7.23. The van der Waals surface area contributed by atoms with Crippen LogP contribution >= 0.6 is 12.4 Å². The molecule has 2 heterocycles. The Morgan fingerprint density at radius 2 is 2.15 bits per heavy atom. The van der Waals surface area contributed by atoms with Crippen LogP contribution in [0.1, 0.15) is 37.2 Å². The van der Waals surface area contributed by atoms with E-state index in [-0.39, 0.29) is 30.2 Å². The zero-order chi connectivity index (χ0) is 13.2. The van der Waals surface area contributed by atoms with Crippen molar-refractivity contribution >= 4 is 18.3 Å². The topological polar surface area (TPSA) is 59.0 Å². The number of hydrogen-bond donors (Lipinski definition) is 2. The average Bonchev–Trinajstić information content (AvgIpc) is 3.07. The van der Waals surface area contributed by atoms with Gasteiger partial charge in [0.1, 0.15) is 0 Å². The van der Waals surface area contributed by atoms with Crippen molar-refractivity contribution in [1.82, 2.24) is 20.4 Å². The highest BCUT2D eigenvalue weighted by Crippen LogP contribution is 2.28. The lowest BCUT2D eigenvalue weighted by atomic mass is 9.90. The molecule has 1 aromatic heterocycles. The number of amides is 1. The van der Waals surface area contributed by atoms with Crippen molar-refractivity contribution in [3.05, 3.63) is 18.0 Å². The lowest BCUT2D eigenvalue weighted by Crippen LogP contribution is -2.39. The first-order valence-corrected chi connectivity index (χ1v) is 7.23. The second-order valence-electron chi connectivity index (χ2n) is 5.81. The van der Waals surface area contributed by atoms with Gasteiger partial charge in [-0.2, -0.15) is 5.10 Å². The molecule has 5 nitrogen and oxygen atoms in total. The fourth-order valence-electron chi connectivity index (χ4n) is 3.31. The van der Waals surface area contributed by atoms with E-state index in [1.54, 1.807) is 4.68 Å². The molecule has 112 valence electrons. The van der Waals surface area contributed by atoms with Gasteiger partial charge in [0.25, 0.3) is 0 Å². The Hall–Kier alpha value is -1.07. The Bertz CT molecular complexity index is 456. The van der Waals surface area contributed by atoms with Gasteiger partial charge in [0.05, 0.1) is 12.1 Å². The van der Waals surface area contributed by atoms with Crippen LogP contribution in [0.4, 0.5) is 0 Å². The number of hydrogen-bond acceptors (Lipinski definition) is 3. The number of halogens is 1. The molecule has 1 saturated heterocycles. The molecule has 1 saturated carbocycles. The van der Waals surface area contributed by atoms with E-state index in [4.69, 9.17) is 0 Å². The Morgan fingerprint density at radius 3 is 2.80 bits per heavy atom. The van der Waals surface area contributed by atoms with Gasteiger partial charge in [0, 0.05) is 38.3 Å². The molecule has 0 radical (unpaired) electrons. The van der Waals surface area contributed by atoms with Crippen molar-refractivity contribution in [1.29, 1.82) is 0 Å². The van der Waals surface area contributed by atoms with Gasteiger partial charge < -0.3 is 10.6 Å². The number of nitrogens with one attached hydrogen (secondary N) is 2. The third-order valence-electron chi connectivity index (χ3n) is 4.41. The van der Waals surface area contributed by atoms with Gasteiger partial charge in [-0.05, 0) is 18.4 Å². The molecule has 0 unspecified atom stereocenters. The first kappa shape index (κ1) is 15.3. The summed E-state index contributed by atoms with van der Waals surface area (Å²) in [5.41, 5.74) is 1.17. The number of aryl methyl sites for hydroxylation is 1. The minimum atomic E-state index is 0. The van der Waals surface area contributed by atoms with Crippen LogP contribution < -0.4 is 10.6 Å². The molecule has 20 heavy (non-hydrogen) atoms. The highest BCUT2D eigenvalue weighted by Gasteiger charge is 2.35. The Morgan fingerprint density at radius 1 is 1.40 bits per heavy atom. The lowest BCUT2D eigenvalue weighted by molar-refractivity contribution is -0.125. The molecule has 0 bridgehead atoms. The van der Waals surface area contributed by atoms with Crippen molar-refractivity contribution in [2.45, 2.75) is 37.6 Å². The van der Waals surface area contributed by atoms with Crippen LogP contribution in [-0.2, 0) is 11.8 Å². The summed E-state index contributed by atoms with van der Waals surface area (Å²) in [5.74, 6) is 0.519. The lowest BCUT2D eigenvalue weighted by Gasteiger charge is -2.20. The van der Waals surface area contributed by atoms with Crippen LogP contribution in [0.25, 0.3) is 0 Å². The zero-order valence-corrected chi connectivity index (χ0v) is 12.7. The molecule has 1 amide bonds. The Labute approximate surface area is 125 Å². The zero-order valence-electron chi connectivity index (χ0n) is 11.8. The van der Waals surface area contributed by atoms with Crippen molar-refractivity contribution in [2.24, 2.45) is 13.0 Å². The molecule has 6 heteroatoms. The molecule has 0 spiro atoms. The van der Waals surface area contributed by atoms with E-state index in [1.807, 2.05) is 19.4 Å². The SMILES string of the molecule is Cl.Cn1cc([C@H]2CNC[C@@H]2C(=O)NC2CCCC2)cn1. The number of rotatable bonds is 3. The fourth-order valence-corrected chi connectivity index (χ4v) is 3.31. The highest BCUT2D eigenvalue weighted by atomic mass is 35.5. The molecule has 2 atom stereocenters. The van der Waals surface area contributed by atoms with E-state index < -0.39 is 0 Å². The summed E-state index contributed by atoms with van der Waals surface area (Å²) in [6, 6.07) is 0.405. The molecule has 1 aliphatic heterocycles. The van der Waals surface area contributed by atoms with Gasteiger partial charge in [0.15, 0.2) is 0 Å². The van der Waals surface area contributed by atoms with Crippen LogP contribution in [0, 0.1) is 5.92 Å². The van der Waals surface area contributed by atoms with E-state index in [0.29, 0.717) is 6.04 Å². The second kappa shape index (κ2) is 6.59. The fraction of sp³-hybridized carbons (Fsp3) is 0.714. The molecular formula is C14H23ClN4O. The molecule has 2 fully saturated rings. The van der Waals surface area contributed by atoms with Gasteiger partial charge in [-0.25, -0.2) is 0 Å². The third kappa shape index (κ3) is 3.15. The first-order chi connectivity index (χ1) is 9.24. The molecule has 2 aliphatic rings. The van der Waals surface area contributed by atoms with Crippen LogP contribution in [-0.4, -0.2) is 34.8 Å². The highest BCUT2D eigenvalue weighted by molar-refractivity contribution is 5.85. The minimum absolute atomic E-state index is 0. The molecule has 0 aromatic carbocycles. The van der Waals surface area contributed by atoms with Crippen molar-refractivity contribution < 1.29 is 4.79 Å². The molecule has 1 aliphatic carbocycles. The Balaban J connectivity index is 0.00000147. The maximum atomic E-state index is 12.4. The summed E-state index contributed by atoms with van der Waals surface area (Å²) in [5, 5.41) is 10.8. The molecule has 1 aromatic rings. The predicted octanol–water partition coefficient (Wildman–Crippen LogP) is 1.20. The maximum Gasteiger partial charge on any atom is 0.225 e. The van der Waals surface area contributed by atoms with Gasteiger partial charge in [-0.1, -0.05) is 12.8 Å². The third-order valence-corrected chi connectivity index (χ3v) is 4.41. The van der Waals surface area contributed by atoms with E-state index in [9.17, 15) is 4.79 Å². The predicted molar refractivity (Wildman–Crippen MR) is 80.0 cm³/mol. The van der Waals surface area contributed by atoms with Crippen molar-refractivity contribution in [3.63, 3.8) is 0 Å². The van der Waals surface area contributed by atoms with Gasteiger partial charge in [-0.3, -0.25) is 9.48 Å².